The van der Waals surface area contributed by atoms with Gasteiger partial charge in [0.15, 0.2) is 5.69 Å². The summed E-state index contributed by atoms with van der Waals surface area (Å²) in [6.45, 7) is 2.82. The van der Waals surface area contributed by atoms with Crippen LogP contribution in [0.4, 0.5) is 0 Å². The molecule has 26 heavy (non-hydrogen) atoms. The second-order valence-electron chi connectivity index (χ2n) is 8.04. The van der Waals surface area contributed by atoms with Crippen molar-refractivity contribution >= 4 is 17.2 Å². The highest BCUT2D eigenvalue weighted by Gasteiger charge is 2.58. The van der Waals surface area contributed by atoms with Crippen molar-refractivity contribution in [1.29, 1.82) is 0 Å². The molecule has 3 heterocycles. The Labute approximate surface area is 157 Å². The number of hydrogen-bond donors (Lipinski definition) is 1. The molecule has 3 aliphatic rings. The van der Waals surface area contributed by atoms with E-state index in [1.165, 1.54) is 18.4 Å². The van der Waals surface area contributed by atoms with Crippen molar-refractivity contribution in [2.24, 2.45) is 5.41 Å². The lowest BCUT2D eigenvalue weighted by atomic mass is 9.93. The standard InChI is InChI=1S/C20H25N3O2S/c24-19(18-15-3-1-2-4-16(15)25-22-18)23(12-14-5-10-26-13-14)17-11-20(17)6-8-21-9-7-20/h5,10,13,17,21H,1-4,6-9,11-12H2. The van der Waals surface area contributed by atoms with Crippen molar-refractivity contribution in [3.05, 3.63) is 39.4 Å². The summed E-state index contributed by atoms with van der Waals surface area (Å²) >= 11 is 1.69. The smallest absolute Gasteiger partial charge is 0.276 e. The van der Waals surface area contributed by atoms with E-state index in [4.69, 9.17) is 4.52 Å². The molecule has 1 atom stereocenters. The average molecular weight is 372 g/mol. The van der Waals surface area contributed by atoms with E-state index in [9.17, 15) is 4.79 Å². The molecule has 5 nitrogen and oxygen atoms in total. The topological polar surface area (TPSA) is 58.4 Å². The van der Waals surface area contributed by atoms with Crippen LogP contribution in [0.25, 0.3) is 0 Å². The van der Waals surface area contributed by atoms with Crippen molar-refractivity contribution in [2.45, 2.75) is 57.5 Å². The molecule has 0 aromatic carbocycles. The van der Waals surface area contributed by atoms with E-state index in [1.54, 1.807) is 11.3 Å². The molecule has 1 saturated heterocycles. The van der Waals surface area contributed by atoms with Crippen LogP contribution in [-0.4, -0.2) is 35.1 Å². The summed E-state index contributed by atoms with van der Waals surface area (Å²) in [5, 5.41) is 11.9. The molecule has 6 heteroatoms. The number of nitrogens with one attached hydrogen (secondary N) is 1. The third kappa shape index (κ3) is 2.79. The largest absolute Gasteiger partial charge is 0.360 e. The Hall–Kier alpha value is -1.66. The van der Waals surface area contributed by atoms with Gasteiger partial charge in [0.2, 0.25) is 0 Å². The number of thiophene rings is 1. The van der Waals surface area contributed by atoms with Gasteiger partial charge in [0.25, 0.3) is 5.91 Å². The molecule has 1 amide bonds. The third-order valence-electron chi connectivity index (χ3n) is 6.47. The van der Waals surface area contributed by atoms with Gasteiger partial charge in [-0.15, -0.1) is 0 Å². The molecule has 1 saturated carbocycles. The van der Waals surface area contributed by atoms with Crippen LogP contribution in [0.3, 0.4) is 0 Å². The van der Waals surface area contributed by atoms with Gasteiger partial charge in [0.05, 0.1) is 0 Å². The first-order valence-corrected chi connectivity index (χ1v) is 10.7. The van der Waals surface area contributed by atoms with Crippen LogP contribution in [0.1, 0.15) is 59.5 Å². The zero-order valence-electron chi connectivity index (χ0n) is 15.0. The van der Waals surface area contributed by atoms with E-state index in [-0.39, 0.29) is 5.91 Å². The molecule has 1 aliphatic heterocycles. The van der Waals surface area contributed by atoms with Crippen LogP contribution < -0.4 is 5.32 Å². The molecule has 2 aromatic rings. The van der Waals surface area contributed by atoms with E-state index in [1.807, 2.05) is 0 Å². The predicted molar refractivity (Wildman–Crippen MR) is 100 cm³/mol. The number of fused-ring (bicyclic) bond motifs is 1. The van der Waals surface area contributed by atoms with Gasteiger partial charge in [0, 0.05) is 24.6 Å². The summed E-state index contributed by atoms with van der Waals surface area (Å²) in [4.78, 5) is 15.6. The number of aryl methyl sites for hydroxylation is 1. The maximum absolute atomic E-state index is 13.5. The molecule has 0 bridgehead atoms. The van der Waals surface area contributed by atoms with Gasteiger partial charge in [-0.2, -0.15) is 11.3 Å². The first kappa shape index (κ1) is 16.5. The molecule has 5 rings (SSSR count). The van der Waals surface area contributed by atoms with Crippen LogP contribution in [0, 0.1) is 5.41 Å². The SMILES string of the molecule is O=C(c1noc2c1CCCC2)N(Cc1ccsc1)C1CC12CCNCC2. The third-order valence-corrected chi connectivity index (χ3v) is 7.20. The molecule has 2 aromatic heterocycles. The van der Waals surface area contributed by atoms with Crippen molar-refractivity contribution in [2.75, 3.05) is 13.1 Å². The normalized spacial score (nSPS) is 23.6. The summed E-state index contributed by atoms with van der Waals surface area (Å²) in [7, 11) is 0. The fourth-order valence-corrected chi connectivity index (χ4v) is 5.48. The summed E-state index contributed by atoms with van der Waals surface area (Å²) in [6.07, 6.45) is 7.56. The molecule has 1 spiro atoms. The van der Waals surface area contributed by atoms with Gasteiger partial charge in [-0.3, -0.25) is 4.79 Å². The van der Waals surface area contributed by atoms with Crippen molar-refractivity contribution in [1.82, 2.24) is 15.4 Å². The van der Waals surface area contributed by atoms with Gasteiger partial charge >= 0.3 is 0 Å². The lowest BCUT2D eigenvalue weighted by Gasteiger charge is -2.29. The summed E-state index contributed by atoms with van der Waals surface area (Å²) < 4.78 is 5.53. The first-order chi connectivity index (χ1) is 12.8. The minimum Gasteiger partial charge on any atom is -0.360 e. The minimum absolute atomic E-state index is 0.0727. The first-order valence-electron chi connectivity index (χ1n) is 9.77. The van der Waals surface area contributed by atoms with Gasteiger partial charge in [-0.1, -0.05) is 5.16 Å². The highest BCUT2D eigenvalue weighted by atomic mass is 32.1. The maximum atomic E-state index is 13.5. The van der Waals surface area contributed by atoms with Gasteiger partial charge in [-0.25, -0.2) is 0 Å². The Morgan fingerprint density at radius 2 is 2.19 bits per heavy atom. The fraction of sp³-hybridized carbons (Fsp3) is 0.600. The van der Waals surface area contributed by atoms with Crippen LogP contribution in [0.2, 0.25) is 0 Å². The van der Waals surface area contributed by atoms with Crippen LogP contribution >= 0.6 is 11.3 Å². The van der Waals surface area contributed by atoms with Gasteiger partial charge in [-0.05, 0) is 79.4 Å². The molecule has 1 N–H and O–H groups in total. The van der Waals surface area contributed by atoms with E-state index >= 15 is 0 Å². The number of piperidine rings is 1. The van der Waals surface area contributed by atoms with E-state index in [0.29, 0.717) is 23.7 Å². The average Bonchev–Trinajstić information content (AvgIpc) is 3.08. The van der Waals surface area contributed by atoms with Crippen molar-refractivity contribution < 1.29 is 9.32 Å². The zero-order chi connectivity index (χ0) is 17.6. The maximum Gasteiger partial charge on any atom is 0.276 e. The quantitative estimate of drug-likeness (QED) is 0.895. The van der Waals surface area contributed by atoms with Crippen molar-refractivity contribution in [3.63, 3.8) is 0 Å². The second-order valence-corrected chi connectivity index (χ2v) is 8.82. The molecule has 1 unspecified atom stereocenters. The number of nitrogens with zero attached hydrogens (tertiary/aromatic N) is 2. The lowest BCUT2D eigenvalue weighted by molar-refractivity contribution is 0.0681. The fourth-order valence-electron chi connectivity index (χ4n) is 4.82. The summed E-state index contributed by atoms with van der Waals surface area (Å²) in [5.74, 6) is 1.01. The Morgan fingerprint density at radius 1 is 1.35 bits per heavy atom. The highest BCUT2D eigenvalue weighted by molar-refractivity contribution is 7.07. The molecule has 2 fully saturated rings. The molecular weight excluding hydrogens is 346 g/mol. The summed E-state index contributed by atoms with van der Waals surface area (Å²) in [6, 6.07) is 2.47. The van der Waals surface area contributed by atoms with E-state index < -0.39 is 0 Å². The van der Waals surface area contributed by atoms with Crippen LogP contribution in [0.15, 0.2) is 21.3 Å². The molecular formula is C20H25N3O2S. The number of carbonyl (C=O) groups is 1. The number of hydrogen-bond acceptors (Lipinski definition) is 5. The minimum atomic E-state index is 0.0727. The Morgan fingerprint density at radius 3 is 3.00 bits per heavy atom. The lowest BCUT2D eigenvalue weighted by Crippen LogP contribution is -2.39. The Balaban J connectivity index is 1.44. The molecule has 0 radical (unpaired) electrons. The number of amides is 1. The predicted octanol–water partition coefficient (Wildman–Crippen LogP) is 3.40. The van der Waals surface area contributed by atoms with E-state index in [2.05, 4.69) is 32.2 Å². The van der Waals surface area contributed by atoms with Gasteiger partial charge < -0.3 is 14.7 Å². The number of rotatable bonds is 4. The van der Waals surface area contributed by atoms with Crippen LogP contribution in [0.5, 0.6) is 0 Å². The molecule has 2 aliphatic carbocycles. The van der Waals surface area contributed by atoms with Gasteiger partial charge in [0.1, 0.15) is 5.76 Å². The highest BCUT2D eigenvalue weighted by Crippen LogP contribution is 2.56. The van der Waals surface area contributed by atoms with Crippen LogP contribution in [-0.2, 0) is 19.4 Å². The summed E-state index contributed by atoms with van der Waals surface area (Å²) in [5.41, 5.74) is 3.18. The number of aromatic nitrogens is 1. The monoisotopic (exact) mass is 371 g/mol. The zero-order valence-corrected chi connectivity index (χ0v) is 15.8. The van der Waals surface area contributed by atoms with Crippen molar-refractivity contribution in [3.8, 4) is 0 Å². The van der Waals surface area contributed by atoms with E-state index in [0.717, 1.165) is 56.5 Å². The Kier molecular flexibility index (Phi) is 4.13. The Bertz CT molecular complexity index is 792. The molecule has 138 valence electrons. The number of carbonyl (C=O) groups excluding carboxylic acids is 1. The second kappa shape index (κ2) is 6.50.